The minimum Gasteiger partial charge on any atom is -0.396 e. The van der Waals surface area contributed by atoms with Gasteiger partial charge in [-0.15, -0.1) is 0 Å². The van der Waals surface area contributed by atoms with Crippen LogP contribution in [0, 0.1) is 17.7 Å². The van der Waals surface area contributed by atoms with Gasteiger partial charge in [-0.25, -0.2) is 9.18 Å². The lowest BCUT2D eigenvalue weighted by Crippen LogP contribution is -2.42. The average molecular weight is 329 g/mol. The number of carbonyl (C=O) groups excluding carboxylic acids is 1. The molecular formula is C16H22ClFN2O2. The molecule has 0 bridgehead atoms. The van der Waals surface area contributed by atoms with E-state index in [0.717, 1.165) is 6.42 Å². The van der Waals surface area contributed by atoms with Crippen molar-refractivity contribution >= 4 is 17.6 Å². The fourth-order valence-corrected chi connectivity index (χ4v) is 2.91. The lowest BCUT2D eigenvalue weighted by atomic mass is 9.95. The second-order valence-electron chi connectivity index (χ2n) is 6.12. The number of likely N-dealkylation sites (tertiary alicyclic amines) is 1. The van der Waals surface area contributed by atoms with Crippen LogP contribution in [0.15, 0.2) is 18.2 Å². The van der Waals surface area contributed by atoms with E-state index in [2.05, 4.69) is 5.32 Å². The van der Waals surface area contributed by atoms with Crippen molar-refractivity contribution < 1.29 is 14.3 Å². The topological polar surface area (TPSA) is 52.6 Å². The second-order valence-corrected chi connectivity index (χ2v) is 6.56. The highest BCUT2D eigenvalue weighted by Crippen LogP contribution is 2.27. The van der Waals surface area contributed by atoms with Gasteiger partial charge in [0.2, 0.25) is 0 Å². The van der Waals surface area contributed by atoms with Crippen molar-refractivity contribution in [1.29, 1.82) is 0 Å². The first-order chi connectivity index (χ1) is 10.4. The number of rotatable bonds is 4. The van der Waals surface area contributed by atoms with Gasteiger partial charge in [-0.3, -0.25) is 0 Å². The molecule has 0 radical (unpaired) electrons. The molecule has 1 fully saturated rings. The standard InChI is InChI=1S/C16H22ClFN2O2/c1-10(2)15(13-4-3-12(17)7-14(13)18)19-16(22)20-6-5-11(8-20)9-21/h3-4,7,10-11,15,21H,5-6,8-9H2,1-2H3,(H,19,22). The van der Waals surface area contributed by atoms with E-state index >= 15 is 0 Å². The Balaban J connectivity index is 2.10. The van der Waals surface area contributed by atoms with E-state index in [1.807, 2.05) is 13.8 Å². The molecule has 2 unspecified atom stereocenters. The van der Waals surface area contributed by atoms with Gasteiger partial charge in [0.05, 0.1) is 6.04 Å². The number of benzene rings is 1. The van der Waals surface area contributed by atoms with Crippen molar-refractivity contribution in [3.63, 3.8) is 0 Å². The van der Waals surface area contributed by atoms with Crippen LogP contribution < -0.4 is 5.32 Å². The molecule has 4 nitrogen and oxygen atoms in total. The van der Waals surface area contributed by atoms with E-state index in [-0.39, 0.29) is 24.5 Å². The molecule has 1 aromatic rings. The van der Waals surface area contributed by atoms with Crippen molar-refractivity contribution in [3.05, 3.63) is 34.6 Å². The monoisotopic (exact) mass is 328 g/mol. The molecule has 1 aromatic carbocycles. The highest BCUT2D eigenvalue weighted by molar-refractivity contribution is 6.30. The van der Waals surface area contributed by atoms with Crippen molar-refractivity contribution in [2.45, 2.75) is 26.3 Å². The number of aliphatic hydroxyl groups is 1. The van der Waals surface area contributed by atoms with Gasteiger partial charge < -0.3 is 15.3 Å². The Labute approximate surface area is 135 Å². The molecule has 2 atom stereocenters. The number of hydrogen-bond acceptors (Lipinski definition) is 2. The molecule has 0 aliphatic carbocycles. The average Bonchev–Trinajstić information content (AvgIpc) is 2.94. The molecule has 22 heavy (non-hydrogen) atoms. The van der Waals surface area contributed by atoms with Crippen LogP contribution in [-0.4, -0.2) is 35.7 Å². The summed E-state index contributed by atoms with van der Waals surface area (Å²) in [4.78, 5) is 14.0. The Morgan fingerprint density at radius 3 is 2.82 bits per heavy atom. The van der Waals surface area contributed by atoms with E-state index in [1.165, 1.54) is 6.07 Å². The summed E-state index contributed by atoms with van der Waals surface area (Å²) in [5.41, 5.74) is 0.436. The van der Waals surface area contributed by atoms with Gasteiger partial charge in [0, 0.05) is 36.2 Å². The maximum atomic E-state index is 14.1. The maximum Gasteiger partial charge on any atom is 0.317 e. The first-order valence-corrected chi connectivity index (χ1v) is 7.91. The predicted molar refractivity (Wildman–Crippen MR) is 84.3 cm³/mol. The van der Waals surface area contributed by atoms with Crippen LogP contribution in [0.25, 0.3) is 0 Å². The quantitative estimate of drug-likeness (QED) is 0.891. The highest BCUT2D eigenvalue weighted by atomic mass is 35.5. The number of carbonyl (C=O) groups is 1. The van der Waals surface area contributed by atoms with Gasteiger partial charge >= 0.3 is 6.03 Å². The van der Waals surface area contributed by atoms with E-state index in [4.69, 9.17) is 16.7 Å². The summed E-state index contributed by atoms with van der Waals surface area (Å²) in [7, 11) is 0. The minimum absolute atomic E-state index is 0.0378. The number of nitrogens with one attached hydrogen (secondary N) is 1. The van der Waals surface area contributed by atoms with Gasteiger partial charge in [-0.1, -0.05) is 31.5 Å². The Morgan fingerprint density at radius 1 is 1.55 bits per heavy atom. The zero-order chi connectivity index (χ0) is 16.3. The van der Waals surface area contributed by atoms with Crippen LogP contribution in [0.2, 0.25) is 5.02 Å². The molecule has 2 amide bonds. The molecule has 6 heteroatoms. The smallest absolute Gasteiger partial charge is 0.317 e. The molecule has 2 rings (SSSR count). The van der Waals surface area contributed by atoms with Crippen LogP contribution in [0.3, 0.4) is 0 Å². The lowest BCUT2D eigenvalue weighted by Gasteiger charge is -2.26. The van der Waals surface area contributed by atoms with Crippen LogP contribution in [0.1, 0.15) is 31.9 Å². The molecule has 2 N–H and O–H groups in total. The van der Waals surface area contributed by atoms with Gasteiger partial charge in [-0.2, -0.15) is 0 Å². The molecule has 1 saturated heterocycles. The molecular weight excluding hydrogens is 307 g/mol. The van der Waals surface area contributed by atoms with E-state index in [1.54, 1.807) is 17.0 Å². The molecule has 1 aliphatic rings. The number of amides is 2. The third kappa shape index (κ3) is 3.90. The minimum atomic E-state index is -0.419. The van der Waals surface area contributed by atoms with E-state index in [0.29, 0.717) is 23.7 Å². The van der Waals surface area contributed by atoms with E-state index in [9.17, 15) is 9.18 Å². The number of urea groups is 1. The number of halogens is 2. The first-order valence-electron chi connectivity index (χ1n) is 7.53. The van der Waals surface area contributed by atoms with Crippen molar-refractivity contribution in [1.82, 2.24) is 10.2 Å². The van der Waals surface area contributed by atoms with Gasteiger partial charge in [0.1, 0.15) is 5.82 Å². The summed E-state index contributed by atoms with van der Waals surface area (Å²) in [6.07, 6.45) is 0.797. The maximum absolute atomic E-state index is 14.1. The zero-order valence-corrected chi connectivity index (χ0v) is 13.6. The third-order valence-electron chi connectivity index (χ3n) is 4.07. The molecule has 122 valence electrons. The van der Waals surface area contributed by atoms with Crippen LogP contribution in [0.4, 0.5) is 9.18 Å². The predicted octanol–water partition coefficient (Wildman–Crippen LogP) is 3.20. The lowest BCUT2D eigenvalue weighted by molar-refractivity contribution is 0.191. The molecule has 1 aliphatic heterocycles. The largest absolute Gasteiger partial charge is 0.396 e. The fraction of sp³-hybridized carbons (Fsp3) is 0.562. The van der Waals surface area contributed by atoms with Crippen LogP contribution in [0.5, 0.6) is 0 Å². The highest BCUT2D eigenvalue weighted by Gasteiger charge is 2.29. The summed E-state index contributed by atoms with van der Waals surface area (Å²) >= 11 is 5.78. The summed E-state index contributed by atoms with van der Waals surface area (Å²) in [5.74, 6) is -0.243. The van der Waals surface area contributed by atoms with Crippen molar-refractivity contribution in [2.75, 3.05) is 19.7 Å². The van der Waals surface area contributed by atoms with Crippen molar-refractivity contribution in [2.24, 2.45) is 11.8 Å². The van der Waals surface area contributed by atoms with Gasteiger partial charge in [0.25, 0.3) is 0 Å². The zero-order valence-electron chi connectivity index (χ0n) is 12.9. The fourth-order valence-electron chi connectivity index (χ4n) is 2.75. The number of nitrogens with zero attached hydrogens (tertiary/aromatic N) is 1. The van der Waals surface area contributed by atoms with Crippen LogP contribution in [-0.2, 0) is 0 Å². The number of hydrogen-bond donors (Lipinski definition) is 2. The summed E-state index contributed by atoms with van der Waals surface area (Å²) in [6.45, 7) is 5.10. The first kappa shape index (κ1) is 17.0. The summed E-state index contributed by atoms with van der Waals surface area (Å²) < 4.78 is 14.1. The summed E-state index contributed by atoms with van der Waals surface area (Å²) in [6, 6.07) is 3.86. The second kappa shape index (κ2) is 7.29. The molecule has 0 saturated carbocycles. The molecule has 0 aromatic heterocycles. The summed E-state index contributed by atoms with van der Waals surface area (Å²) in [5, 5.41) is 12.4. The molecule has 0 spiro atoms. The normalized spacial score (nSPS) is 19.5. The van der Waals surface area contributed by atoms with Crippen LogP contribution >= 0.6 is 11.6 Å². The van der Waals surface area contributed by atoms with Gasteiger partial charge in [-0.05, 0) is 24.5 Å². The Hall–Kier alpha value is -1.33. The van der Waals surface area contributed by atoms with E-state index < -0.39 is 11.9 Å². The SMILES string of the molecule is CC(C)C(NC(=O)N1CCC(CO)C1)c1ccc(Cl)cc1F. The number of aliphatic hydroxyl groups excluding tert-OH is 1. The van der Waals surface area contributed by atoms with Crippen molar-refractivity contribution in [3.8, 4) is 0 Å². The Kier molecular flexibility index (Phi) is 5.64. The molecule has 1 heterocycles. The Morgan fingerprint density at radius 2 is 2.27 bits per heavy atom. The Bertz CT molecular complexity index is 539. The third-order valence-corrected chi connectivity index (χ3v) is 4.31. The van der Waals surface area contributed by atoms with Gasteiger partial charge in [0.15, 0.2) is 0 Å².